The molecular weight excluding hydrogens is 193 g/mol. The lowest BCUT2D eigenvalue weighted by atomic mass is 10.1. The molecule has 0 aliphatic rings. The van der Waals surface area contributed by atoms with E-state index in [0.717, 1.165) is 0 Å². The number of carbonyl (C=O) groups excluding carboxylic acids is 1. The van der Waals surface area contributed by atoms with Crippen LogP contribution in [0.25, 0.3) is 0 Å². The third-order valence-electron chi connectivity index (χ3n) is 1.92. The fraction of sp³-hybridized carbons (Fsp3) is 0.417. The molecule has 0 radical (unpaired) electrons. The van der Waals surface area contributed by atoms with Gasteiger partial charge in [-0.05, 0) is 45.4 Å². The highest BCUT2D eigenvalue weighted by Gasteiger charge is 2.15. The van der Waals surface area contributed by atoms with Crippen molar-refractivity contribution < 1.29 is 9.18 Å². The normalized spacial score (nSPS) is 11.3. The molecule has 0 heterocycles. The second-order valence-electron chi connectivity index (χ2n) is 4.67. The zero-order valence-corrected chi connectivity index (χ0v) is 9.52. The smallest absolute Gasteiger partial charge is 0.251 e. The third kappa shape index (κ3) is 3.35. The number of benzene rings is 1. The molecule has 0 aliphatic heterocycles. The molecule has 0 aromatic heterocycles. The summed E-state index contributed by atoms with van der Waals surface area (Å²) >= 11 is 0. The molecular formula is C12H16FNO. The number of amides is 1. The molecule has 0 aliphatic carbocycles. The lowest BCUT2D eigenvalue weighted by molar-refractivity contribution is 0.0919. The van der Waals surface area contributed by atoms with Crippen molar-refractivity contribution in [1.82, 2.24) is 5.32 Å². The van der Waals surface area contributed by atoms with Crippen molar-refractivity contribution in [2.75, 3.05) is 0 Å². The van der Waals surface area contributed by atoms with Crippen molar-refractivity contribution in [2.24, 2.45) is 0 Å². The van der Waals surface area contributed by atoms with E-state index in [1.54, 1.807) is 19.1 Å². The minimum absolute atomic E-state index is 0.249. The lowest BCUT2D eigenvalue weighted by Gasteiger charge is -2.20. The van der Waals surface area contributed by atoms with E-state index < -0.39 is 0 Å². The zero-order valence-electron chi connectivity index (χ0n) is 9.52. The van der Waals surface area contributed by atoms with E-state index in [-0.39, 0.29) is 17.3 Å². The number of hydrogen-bond acceptors (Lipinski definition) is 1. The number of rotatable bonds is 1. The Bertz CT molecular complexity index is 380. The van der Waals surface area contributed by atoms with E-state index in [9.17, 15) is 9.18 Å². The van der Waals surface area contributed by atoms with Crippen LogP contribution >= 0.6 is 0 Å². The van der Waals surface area contributed by atoms with E-state index in [4.69, 9.17) is 0 Å². The molecule has 1 rings (SSSR count). The number of hydrogen-bond donors (Lipinski definition) is 1. The molecule has 0 saturated heterocycles. The van der Waals surface area contributed by atoms with Gasteiger partial charge in [0.05, 0.1) is 0 Å². The first kappa shape index (κ1) is 11.7. The van der Waals surface area contributed by atoms with Crippen LogP contribution in [0.1, 0.15) is 36.7 Å². The Morgan fingerprint density at radius 3 is 2.40 bits per heavy atom. The standard InChI is InChI=1S/C12H16FNO/c1-8-5-6-9(7-10(8)13)11(15)14-12(2,3)4/h5-7H,1-4H3,(H,14,15). The quantitative estimate of drug-likeness (QED) is 0.757. The first-order chi connectivity index (χ1) is 6.79. The van der Waals surface area contributed by atoms with Crippen LogP contribution in [0.15, 0.2) is 18.2 Å². The van der Waals surface area contributed by atoms with E-state index in [0.29, 0.717) is 11.1 Å². The van der Waals surface area contributed by atoms with Gasteiger partial charge in [-0.1, -0.05) is 6.07 Å². The molecule has 82 valence electrons. The third-order valence-corrected chi connectivity index (χ3v) is 1.92. The van der Waals surface area contributed by atoms with Crippen LogP contribution in [0.3, 0.4) is 0 Å². The number of aryl methyl sites for hydroxylation is 1. The van der Waals surface area contributed by atoms with Crippen molar-refractivity contribution in [3.05, 3.63) is 35.1 Å². The number of nitrogens with one attached hydrogen (secondary N) is 1. The summed E-state index contributed by atoms with van der Waals surface area (Å²) in [6.45, 7) is 7.32. The predicted octanol–water partition coefficient (Wildman–Crippen LogP) is 2.66. The van der Waals surface area contributed by atoms with Crippen molar-refractivity contribution in [2.45, 2.75) is 33.2 Å². The molecule has 0 fully saturated rings. The van der Waals surface area contributed by atoms with Gasteiger partial charge in [-0.3, -0.25) is 4.79 Å². The molecule has 0 atom stereocenters. The van der Waals surface area contributed by atoms with Crippen LogP contribution in [0, 0.1) is 12.7 Å². The van der Waals surface area contributed by atoms with Crippen LogP contribution in [0.5, 0.6) is 0 Å². The van der Waals surface area contributed by atoms with Gasteiger partial charge in [0.1, 0.15) is 5.82 Å². The van der Waals surface area contributed by atoms with Gasteiger partial charge in [0.2, 0.25) is 0 Å². The summed E-state index contributed by atoms with van der Waals surface area (Å²) in [6, 6.07) is 4.49. The van der Waals surface area contributed by atoms with Gasteiger partial charge in [0, 0.05) is 11.1 Å². The Balaban J connectivity index is 2.88. The first-order valence-corrected chi connectivity index (χ1v) is 4.88. The van der Waals surface area contributed by atoms with E-state index in [1.807, 2.05) is 20.8 Å². The molecule has 1 aromatic rings. The van der Waals surface area contributed by atoms with Gasteiger partial charge in [-0.2, -0.15) is 0 Å². The van der Waals surface area contributed by atoms with Crippen LogP contribution in [0.2, 0.25) is 0 Å². The molecule has 1 aromatic carbocycles. The molecule has 2 nitrogen and oxygen atoms in total. The monoisotopic (exact) mass is 209 g/mol. The second-order valence-corrected chi connectivity index (χ2v) is 4.67. The average Bonchev–Trinajstić information content (AvgIpc) is 2.06. The fourth-order valence-electron chi connectivity index (χ4n) is 1.15. The summed E-state index contributed by atoms with van der Waals surface area (Å²) in [5, 5.41) is 2.78. The highest BCUT2D eigenvalue weighted by Crippen LogP contribution is 2.10. The van der Waals surface area contributed by atoms with Gasteiger partial charge in [-0.25, -0.2) is 4.39 Å². The molecule has 3 heteroatoms. The molecule has 0 saturated carbocycles. The Morgan fingerprint density at radius 2 is 1.93 bits per heavy atom. The lowest BCUT2D eigenvalue weighted by Crippen LogP contribution is -2.40. The average molecular weight is 209 g/mol. The molecule has 1 N–H and O–H groups in total. The van der Waals surface area contributed by atoms with Crippen molar-refractivity contribution in [1.29, 1.82) is 0 Å². The van der Waals surface area contributed by atoms with Crippen LogP contribution in [-0.2, 0) is 0 Å². The summed E-state index contributed by atoms with van der Waals surface area (Å²) in [6.07, 6.45) is 0. The minimum Gasteiger partial charge on any atom is -0.347 e. The second kappa shape index (κ2) is 4.01. The van der Waals surface area contributed by atoms with Gasteiger partial charge in [0.25, 0.3) is 5.91 Å². The summed E-state index contributed by atoms with van der Waals surface area (Å²) in [5.41, 5.74) is 0.591. The van der Waals surface area contributed by atoms with Gasteiger partial charge < -0.3 is 5.32 Å². The summed E-state index contributed by atoms with van der Waals surface area (Å²) in [5.74, 6) is -0.599. The van der Waals surface area contributed by atoms with Gasteiger partial charge in [0.15, 0.2) is 0 Å². The number of carbonyl (C=O) groups is 1. The van der Waals surface area contributed by atoms with Crippen LogP contribution in [-0.4, -0.2) is 11.4 Å². The molecule has 0 spiro atoms. The Morgan fingerprint density at radius 1 is 1.33 bits per heavy atom. The predicted molar refractivity (Wildman–Crippen MR) is 58.4 cm³/mol. The maximum Gasteiger partial charge on any atom is 0.251 e. The molecule has 15 heavy (non-hydrogen) atoms. The Labute approximate surface area is 89.5 Å². The fourth-order valence-corrected chi connectivity index (χ4v) is 1.15. The maximum atomic E-state index is 13.2. The highest BCUT2D eigenvalue weighted by molar-refractivity contribution is 5.94. The molecule has 0 unspecified atom stereocenters. The molecule has 1 amide bonds. The first-order valence-electron chi connectivity index (χ1n) is 4.88. The van der Waals surface area contributed by atoms with Gasteiger partial charge in [-0.15, -0.1) is 0 Å². The molecule has 0 bridgehead atoms. The largest absolute Gasteiger partial charge is 0.347 e. The van der Waals surface area contributed by atoms with Crippen molar-refractivity contribution >= 4 is 5.91 Å². The van der Waals surface area contributed by atoms with E-state index >= 15 is 0 Å². The highest BCUT2D eigenvalue weighted by atomic mass is 19.1. The Hall–Kier alpha value is -1.38. The van der Waals surface area contributed by atoms with E-state index in [2.05, 4.69) is 5.32 Å². The maximum absolute atomic E-state index is 13.2. The SMILES string of the molecule is Cc1ccc(C(=O)NC(C)(C)C)cc1F. The van der Waals surface area contributed by atoms with Crippen LogP contribution in [0.4, 0.5) is 4.39 Å². The zero-order chi connectivity index (χ0) is 11.6. The Kier molecular flexibility index (Phi) is 3.12. The van der Waals surface area contributed by atoms with Crippen molar-refractivity contribution in [3.63, 3.8) is 0 Å². The van der Waals surface area contributed by atoms with E-state index in [1.165, 1.54) is 6.07 Å². The summed E-state index contributed by atoms with van der Waals surface area (Å²) in [7, 11) is 0. The van der Waals surface area contributed by atoms with Crippen LogP contribution < -0.4 is 5.32 Å². The topological polar surface area (TPSA) is 29.1 Å². The van der Waals surface area contributed by atoms with Gasteiger partial charge >= 0.3 is 0 Å². The van der Waals surface area contributed by atoms with Crippen molar-refractivity contribution in [3.8, 4) is 0 Å². The summed E-state index contributed by atoms with van der Waals surface area (Å²) < 4.78 is 13.2. The number of halogens is 1. The minimum atomic E-state index is -0.350. The summed E-state index contributed by atoms with van der Waals surface area (Å²) in [4.78, 5) is 11.6.